The van der Waals surface area contributed by atoms with Gasteiger partial charge in [-0.3, -0.25) is 14.9 Å². The molecule has 3 rings (SSSR count). The fourth-order valence-corrected chi connectivity index (χ4v) is 3.12. The molecule has 128 valence electrons. The van der Waals surface area contributed by atoms with Crippen LogP contribution in [-0.4, -0.2) is 24.3 Å². The highest BCUT2D eigenvalue weighted by molar-refractivity contribution is 6.00. The third-order valence-corrected chi connectivity index (χ3v) is 4.55. The van der Waals surface area contributed by atoms with E-state index in [1.165, 1.54) is 0 Å². The van der Waals surface area contributed by atoms with Crippen molar-refractivity contribution in [1.29, 1.82) is 0 Å². The summed E-state index contributed by atoms with van der Waals surface area (Å²) >= 11 is 0. The monoisotopic (exact) mass is 336 g/mol. The average Bonchev–Trinajstić information content (AvgIpc) is 2.61. The molecule has 5 heteroatoms. The minimum Gasteiger partial charge on any atom is -0.337 e. The predicted molar refractivity (Wildman–Crippen MR) is 94.3 cm³/mol. The summed E-state index contributed by atoms with van der Waals surface area (Å²) in [6, 6.07) is 16.4. The molecular formula is C20H20N2O3. The summed E-state index contributed by atoms with van der Waals surface area (Å²) in [7, 11) is 0. The van der Waals surface area contributed by atoms with Gasteiger partial charge in [-0.15, -0.1) is 0 Å². The molecule has 0 radical (unpaired) electrons. The molecule has 1 aliphatic heterocycles. The highest BCUT2D eigenvalue weighted by Crippen LogP contribution is 2.30. The van der Waals surface area contributed by atoms with E-state index in [0.29, 0.717) is 5.56 Å². The number of amides is 3. The van der Waals surface area contributed by atoms with E-state index in [1.54, 1.807) is 0 Å². The standard InChI is InChI=1S/C20H20N2O3/c1-13-7-9-15(10-8-13)18(23)11-16(14-5-3-2-4-6-14)17-12-21-20(25)22-19(17)24/h2-10,16-17H,11-12H2,1H3,(H2,21,22,24,25). The Balaban J connectivity index is 1.86. The first-order valence-corrected chi connectivity index (χ1v) is 8.28. The summed E-state index contributed by atoms with van der Waals surface area (Å²) in [5.74, 6) is -1.13. The molecule has 2 N–H and O–H groups in total. The zero-order valence-corrected chi connectivity index (χ0v) is 14.0. The second-order valence-corrected chi connectivity index (χ2v) is 6.32. The third kappa shape index (κ3) is 3.94. The summed E-state index contributed by atoms with van der Waals surface area (Å²) in [4.78, 5) is 36.4. The highest BCUT2D eigenvalue weighted by atomic mass is 16.2. The zero-order valence-electron chi connectivity index (χ0n) is 14.0. The van der Waals surface area contributed by atoms with Crippen molar-refractivity contribution in [3.05, 3.63) is 71.3 Å². The molecule has 0 aromatic heterocycles. The van der Waals surface area contributed by atoms with Crippen LogP contribution >= 0.6 is 0 Å². The maximum atomic E-state index is 12.7. The second-order valence-electron chi connectivity index (χ2n) is 6.32. The summed E-state index contributed by atoms with van der Waals surface area (Å²) in [6.07, 6.45) is 0.209. The van der Waals surface area contributed by atoms with Crippen molar-refractivity contribution < 1.29 is 14.4 Å². The van der Waals surface area contributed by atoms with Crippen molar-refractivity contribution in [1.82, 2.24) is 10.6 Å². The maximum absolute atomic E-state index is 12.7. The van der Waals surface area contributed by atoms with Crippen LogP contribution in [0.2, 0.25) is 0 Å². The van der Waals surface area contributed by atoms with Gasteiger partial charge >= 0.3 is 6.03 Å². The van der Waals surface area contributed by atoms with Crippen LogP contribution < -0.4 is 10.6 Å². The van der Waals surface area contributed by atoms with Gasteiger partial charge in [-0.2, -0.15) is 0 Å². The van der Waals surface area contributed by atoms with Gasteiger partial charge in [-0.05, 0) is 12.5 Å². The molecule has 2 aromatic rings. The highest BCUT2D eigenvalue weighted by Gasteiger charge is 2.35. The number of hydrogen-bond acceptors (Lipinski definition) is 3. The molecule has 0 bridgehead atoms. The third-order valence-electron chi connectivity index (χ3n) is 4.55. The van der Waals surface area contributed by atoms with Gasteiger partial charge in [0.05, 0.1) is 5.92 Å². The first kappa shape index (κ1) is 16.9. The van der Waals surface area contributed by atoms with E-state index in [0.717, 1.165) is 11.1 Å². The average molecular weight is 336 g/mol. The molecular weight excluding hydrogens is 316 g/mol. The number of benzene rings is 2. The second kappa shape index (κ2) is 7.30. The number of urea groups is 1. The Morgan fingerprint density at radius 3 is 2.40 bits per heavy atom. The Morgan fingerprint density at radius 1 is 1.08 bits per heavy atom. The molecule has 1 heterocycles. The van der Waals surface area contributed by atoms with Crippen LogP contribution in [0.25, 0.3) is 0 Å². The lowest BCUT2D eigenvalue weighted by atomic mass is 9.80. The van der Waals surface area contributed by atoms with Gasteiger partial charge in [-0.25, -0.2) is 4.79 Å². The summed E-state index contributed by atoms with van der Waals surface area (Å²) < 4.78 is 0. The fourth-order valence-electron chi connectivity index (χ4n) is 3.12. The molecule has 1 aliphatic rings. The number of nitrogens with one attached hydrogen (secondary N) is 2. The van der Waals surface area contributed by atoms with Gasteiger partial charge in [0, 0.05) is 24.4 Å². The van der Waals surface area contributed by atoms with E-state index >= 15 is 0 Å². The topological polar surface area (TPSA) is 75.3 Å². The van der Waals surface area contributed by atoms with Crippen LogP contribution in [0.15, 0.2) is 54.6 Å². The first-order valence-electron chi connectivity index (χ1n) is 8.28. The van der Waals surface area contributed by atoms with Crippen LogP contribution in [-0.2, 0) is 4.79 Å². The van der Waals surface area contributed by atoms with Crippen molar-refractivity contribution in [2.75, 3.05) is 6.54 Å². The summed E-state index contributed by atoms with van der Waals surface area (Å²) in [5.41, 5.74) is 2.64. The Hall–Kier alpha value is -2.95. The molecule has 3 amide bonds. The van der Waals surface area contributed by atoms with E-state index < -0.39 is 11.9 Å². The minimum atomic E-state index is -0.488. The number of imide groups is 1. The SMILES string of the molecule is Cc1ccc(C(=O)CC(c2ccccc2)C2CNC(=O)NC2=O)cc1. The van der Waals surface area contributed by atoms with Gasteiger partial charge in [0.15, 0.2) is 5.78 Å². The zero-order chi connectivity index (χ0) is 17.8. The molecule has 0 spiro atoms. The predicted octanol–water partition coefficient (Wildman–Crippen LogP) is 2.81. The summed E-state index contributed by atoms with van der Waals surface area (Å²) in [6.45, 7) is 2.20. The lowest BCUT2D eigenvalue weighted by molar-refractivity contribution is -0.125. The van der Waals surface area contributed by atoms with Crippen LogP contribution in [0.4, 0.5) is 4.79 Å². The number of aryl methyl sites for hydroxylation is 1. The first-order chi connectivity index (χ1) is 12.0. The number of Topliss-reactive ketones (excluding diaryl/α,β-unsaturated/α-hetero) is 1. The Kier molecular flexibility index (Phi) is 4.93. The van der Waals surface area contributed by atoms with Crippen LogP contribution in [0.1, 0.15) is 33.8 Å². The molecule has 2 atom stereocenters. The van der Waals surface area contributed by atoms with E-state index in [1.807, 2.05) is 61.5 Å². The number of carbonyl (C=O) groups excluding carboxylic acids is 3. The van der Waals surface area contributed by atoms with Gasteiger partial charge in [-0.1, -0.05) is 60.2 Å². The molecule has 2 aromatic carbocycles. The van der Waals surface area contributed by atoms with Crippen molar-refractivity contribution in [2.45, 2.75) is 19.3 Å². The van der Waals surface area contributed by atoms with Gasteiger partial charge in [0.1, 0.15) is 0 Å². The quantitative estimate of drug-likeness (QED) is 0.825. The Bertz CT molecular complexity index is 784. The largest absolute Gasteiger partial charge is 0.337 e. The van der Waals surface area contributed by atoms with Gasteiger partial charge in [0.2, 0.25) is 5.91 Å². The van der Waals surface area contributed by atoms with Crippen LogP contribution in [0, 0.1) is 12.8 Å². The van der Waals surface area contributed by atoms with Crippen molar-refractivity contribution in [3.8, 4) is 0 Å². The maximum Gasteiger partial charge on any atom is 0.321 e. The van der Waals surface area contributed by atoms with E-state index in [2.05, 4.69) is 10.6 Å². The number of rotatable bonds is 5. The lowest BCUT2D eigenvalue weighted by Crippen LogP contribution is -2.53. The van der Waals surface area contributed by atoms with Crippen molar-refractivity contribution >= 4 is 17.7 Å². The van der Waals surface area contributed by atoms with E-state index in [-0.39, 0.29) is 30.6 Å². The molecule has 5 nitrogen and oxygen atoms in total. The Morgan fingerprint density at radius 2 is 1.76 bits per heavy atom. The van der Waals surface area contributed by atoms with E-state index in [4.69, 9.17) is 0 Å². The van der Waals surface area contributed by atoms with Crippen molar-refractivity contribution in [3.63, 3.8) is 0 Å². The minimum absolute atomic E-state index is 0.0152. The molecule has 25 heavy (non-hydrogen) atoms. The number of hydrogen-bond donors (Lipinski definition) is 2. The molecule has 1 saturated heterocycles. The normalized spacial score (nSPS) is 18.2. The molecule has 0 aliphatic carbocycles. The van der Waals surface area contributed by atoms with Gasteiger partial charge in [0.25, 0.3) is 0 Å². The number of carbonyl (C=O) groups is 3. The van der Waals surface area contributed by atoms with Gasteiger partial charge < -0.3 is 5.32 Å². The van der Waals surface area contributed by atoms with Crippen LogP contribution in [0.5, 0.6) is 0 Å². The summed E-state index contributed by atoms with van der Waals surface area (Å²) in [5, 5.41) is 4.95. The molecule has 0 saturated carbocycles. The smallest absolute Gasteiger partial charge is 0.321 e. The lowest BCUT2D eigenvalue weighted by Gasteiger charge is -2.29. The van der Waals surface area contributed by atoms with E-state index in [9.17, 15) is 14.4 Å². The van der Waals surface area contributed by atoms with Crippen LogP contribution in [0.3, 0.4) is 0 Å². The molecule has 2 unspecified atom stereocenters. The Labute approximate surface area is 146 Å². The fraction of sp³-hybridized carbons (Fsp3) is 0.250. The number of ketones is 1. The molecule has 1 fully saturated rings. The van der Waals surface area contributed by atoms with Crippen molar-refractivity contribution in [2.24, 2.45) is 5.92 Å².